The van der Waals surface area contributed by atoms with Crippen molar-refractivity contribution in [2.45, 2.75) is 64.5 Å². The fourth-order valence-corrected chi connectivity index (χ4v) is 3.46. The Morgan fingerprint density at radius 2 is 1.90 bits per heavy atom. The van der Waals surface area contributed by atoms with Crippen molar-refractivity contribution in [2.24, 2.45) is 0 Å². The smallest absolute Gasteiger partial charge is 0.308 e. The zero-order valence-electron chi connectivity index (χ0n) is 17.5. The van der Waals surface area contributed by atoms with Crippen molar-refractivity contribution in [3.05, 3.63) is 39.9 Å². The average Bonchev–Trinajstić information content (AvgIpc) is 2.66. The minimum atomic E-state index is -0.935. The van der Waals surface area contributed by atoms with Gasteiger partial charge in [0.2, 0.25) is 11.8 Å². The van der Waals surface area contributed by atoms with Gasteiger partial charge in [0.25, 0.3) is 5.69 Å². The van der Waals surface area contributed by atoms with Crippen LogP contribution < -0.4 is 5.32 Å². The highest BCUT2D eigenvalue weighted by Crippen LogP contribution is 2.27. The van der Waals surface area contributed by atoms with E-state index in [1.54, 1.807) is 19.9 Å². The first-order valence-electron chi connectivity index (χ1n) is 10.3. The topological polar surface area (TPSA) is 119 Å². The first kappa shape index (κ1) is 23.3. The quantitative estimate of drug-likeness (QED) is 0.393. The second kappa shape index (κ2) is 11.3. The van der Waals surface area contributed by atoms with E-state index in [4.69, 9.17) is 4.74 Å². The van der Waals surface area contributed by atoms with E-state index in [1.165, 1.54) is 23.1 Å². The molecule has 2 amide bonds. The summed E-state index contributed by atoms with van der Waals surface area (Å²) in [7, 11) is 0. The lowest BCUT2D eigenvalue weighted by Gasteiger charge is -2.26. The number of likely N-dealkylation sites (tertiary alicyclic amines) is 1. The third-order valence-corrected chi connectivity index (χ3v) is 4.84. The molecule has 1 aromatic carbocycles. The third-order valence-electron chi connectivity index (χ3n) is 4.84. The summed E-state index contributed by atoms with van der Waals surface area (Å²) < 4.78 is 5.16. The number of amides is 2. The molecule has 0 aromatic heterocycles. The van der Waals surface area contributed by atoms with Crippen LogP contribution in [0, 0.1) is 10.1 Å². The molecule has 0 spiro atoms. The van der Waals surface area contributed by atoms with Crippen LogP contribution in [0.2, 0.25) is 0 Å². The SMILES string of the molecule is CC(C)OC(=O)CC(NC(=O)CN1CCCCCCC1=O)c1ccccc1[N+](=O)[O-]. The fourth-order valence-electron chi connectivity index (χ4n) is 3.46. The summed E-state index contributed by atoms with van der Waals surface area (Å²) in [6.07, 6.45) is 3.45. The van der Waals surface area contributed by atoms with Gasteiger partial charge in [0.05, 0.1) is 35.6 Å². The molecule has 0 saturated carbocycles. The second-order valence-electron chi connectivity index (χ2n) is 7.66. The number of ether oxygens (including phenoxy) is 1. The van der Waals surface area contributed by atoms with Crippen molar-refractivity contribution in [3.63, 3.8) is 0 Å². The summed E-state index contributed by atoms with van der Waals surface area (Å²) >= 11 is 0. The van der Waals surface area contributed by atoms with Crippen LogP contribution in [0.3, 0.4) is 0 Å². The zero-order chi connectivity index (χ0) is 22.1. The molecule has 1 aliphatic heterocycles. The van der Waals surface area contributed by atoms with Crippen LogP contribution in [0.1, 0.15) is 64.0 Å². The number of carbonyl (C=O) groups is 3. The Labute approximate surface area is 175 Å². The van der Waals surface area contributed by atoms with E-state index in [0.717, 1.165) is 25.7 Å². The highest BCUT2D eigenvalue weighted by atomic mass is 16.6. The highest BCUT2D eigenvalue weighted by Gasteiger charge is 2.28. The standard InChI is InChI=1S/C21H29N3O6/c1-15(2)30-21(27)13-17(16-9-6-7-10-18(16)24(28)29)22-19(25)14-23-12-8-4-3-5-11-20(23)26/h6-7,9-10,15,17H,3-5,8,11-14H2,1-2H3,(H,22,25). The maximum Gasteiger partial charge on any atom is 0.308 e. The molecule has 2 rings (SSSR count). The molecule has 9 heteroatoms. The predicted molar refractivity (Wildman–Crippen MR) is 109 cm³/mol. The van der Waals surface area contributed by atoms with E-state index in [2.05, 4.69) is 5.32 Å². The highest BCUT2D eigenvalue weighted by molar-refractivity contribution is 5.85. The van der Waals surface area contributed by atoms with Gasteiger partial charge in [0.1, 0.15) is 0 Å². The van der Waals surface area contributed by atoms with Gasteiger partial charge in [0.15, 0.2) is 0 Å². The summed E-state index contributed by atoms with van der Waals surface area (Å²) in [5.74, 6) is -1.12. The molecule has 1 aromatic rings. The van der Waals surface area contributed by atoms with Crippen molar-refractivity contribution in [2.75, 3.05) is 13.1 Å². The molecule has 164 valence electrons. The largest absolute Gasteiger partial charge is 0.463 e. The number of nitro benzene ring substituents is 1. The fraction of sp³-hybridized carbons (Fsp3) is 0.571. The molecule has 1 fully saturated rings. The minimum Gasteiger partial charge on any atom is -0.463 e. The van der Waals surface area contributed by atoms with Gasteiger partial charge in [-0.05, 0) is 26.7 Å². The monoisotopic (exact) mass is 419 g/mol. The maximum atomic E-state index is 12.7. The molecule has 1 unspecified atom stereocenters. The van der Waals surface area contributed by atoms with Gasteiger partial charge in [-0.15, -0.1) is 0 Å². The molecule has 0 aliphatic carbocycles. The summed E-state index contributed by atoms with van der Waals surface area (Å²) in [6.45, 7) is 3.75. The third kappa shape index (κ3) is 7.13. The van der Waals surface area contributed by atoms with Gasteiger partial charge in [0, 0.05) is 19.0 Å². The lowest BCUT2D eigenvalue weighted by atomic mass is 10.0. The average molecular weight is 419 g/mol. The molecule has 9 nitrogen and oxygen atoms in total. The van der Waals surface area contributed by atoms with E-state index in [1.807, 2.05) is 0 Å². The molecule has 1 aliphatic rings. The molecule has 1 heterocycles. The first-order chi connectivity index (χ1) is 14.3. The number of benzene rings is 1. The number of nitrogens with one attached hydrogen (secondary N) is 1. The van der Waals surface area contributed by atoms with E-state index in [-0.39, 0.29) is 36.2 Å². The van der Waals surface area contributed by atoms with Gasteiger partial charge in [-0.3, -0.25) is 24.5 Å². The van der Waals surface area contributed by atoms with Crippen LogP contribution in [0.4, 0.5) is 5.69 Å². The van der Waals surface area contributed by atoms with Crippen molar-refractivity contribution in [1.29, 1.82) is 0 Å². The Morgan fingerprint density at radius 3 is 2.60 bits per heavy atom. The number of carbonyl (C=O) groups excluding carboxylic acids is 3. The molecule has 0 bridgehead atoms. The number of para-hydroxylation sites is 1. The van der Waals surface area contributed by atoms with Gasteiger partial charge in [-0.25, -0.2) is 0 Å². The van der Waals surface area contributed by atoms with Gasteiger partial charge >= 0.3 is 5.97 Å². The molecule has 1 N–H and O–H groups in total. The molecule has 1 atom stereocenters. The Balaban J connectivity index is 2.17. The van der Waals surface area contributed by atoms with Crippen LogP contribution in [0.5, 0.6) is 0 Å². The number of nitro groups is 1. The first-order valence-corrected chi connectivity index (χ1v) is 10.3. The van der Waals surface area contributed by atoms with Crippen LogP contribution >= 0.6 is 0 Å². The van der Waals surface area contributed by atoms with E-state index in [0.29, 0.717) is 13.0 Å². The Hall–Kier alpha value is -2.97. The summed E-state index contributed by atoms with van der Waals surface area (Å²) in [5, 5.41) is 14.1. The number of esters is 1. The van der Waals surface area contributed by atoms with Gasteiger partial charge in [-0.1, -0.05) is 31.0 Å². The van der Waals surface area contributed by atoms with Crippen LogP contribution in [0.25, 0.3) is 0 Å². The van der Waals surface area contributed by atoms with Crippen molar-refractivity contribution in [1.82, 2.24) is 10.2 Å². The van der Waals surface area contributed by atoms with Crippen LogP contribution in [-0.2, 0) is 19.1 Å². The predicted octanol–water partition coefficient (Wildman–Crippen LogP) is 2.89. The lowest BCUT2D eigenvalue weighted by molar-refractivity contribution is -0.385. The lowest BCUT2D eigenvalue weighted by Crippen LogP contribution is -2.43. The maximum absolute atomic E-state index is 12.7. The van der Waals surface area contributed by atoms with Crippen LogP contribution in [0.15, 0.2) is 24.3 Å². The van der Waals surface area contributed by atoms with E-state index < -0.39 is 22.8 Å². The number of nitrogens with zero attached hydrogens (tertiary/aromatic N) is 2. The Kier molecular flexibility index (Phi) is 8.76. The molecular weight excluding hydrogens is 390 g/mol. The number of rotatable bonds is 8. The minimum absolute atomic E-state index is 0.0775. The van der Waals surface area contributed by atoms with E-state index >= 15 is 0 Å². The van der Waals surface area contributed by atoms with E-state index in [9.17, 15) is 24.5 Å². The molecule has 30 heavy (non-hydrogen) atoms. The van der Waals surface area contributed by atoms with Crippen LogP contribution in [-0.4, -0.2) is 46.8 Å². The van der Waals surface area contributed by atoms with Gasteiger partial charge < -0.3 is 15.0 Å². The second-order valence-corrected chi connectivity index (χ2v) is 7.66. The molecule has 1 saturated heterocycles. The van der Waals surface area contributed by atoms with Crippen molar-refractivity contribution in [3.8, 4) is 0 Å². The number of hydrogen-bond donors (Lipinski definition) is 1. The van der Waals surface area contributed by atoms with Crippen molar-refractivity contribution < 1.29 is 24.0 Å². The zero-order valence-corrected chi connectivity index (χ0v) is 17.5. The Morgan fingerprint density at radius 1 is 1.20 bits per heavy atom. The summed E-state index contributed by atoms with van der Waals surface area (Å²) in [5.41, 5.74) is 0.0260. The molecule has 0 radical (unpaired) electrons. The summed E-state index contributed by atoms with van der Waals surface area (Å²) in [4.78, 5) is 49.6. The normalized spacial score (nSPS) is 15.8. The number of hydrogen-bond acceptors (Lipinski definition) is 6. The summed E-state index contributed by atoms with van der Waals surface area (Å²) in [6, 6.07) is 5.02. The van der Waals surface area contributed by atoms with Crippen molar-refractivity contribution >= 4 is 23.5 Å². The van der Waals surface area contributed by atoms with Gasteiger partial charge in [-0.2, -0.15) is 0 Å². The molecular formula is C21H29N3O6. The Bertz CT molecular complexity index is 780.